The van der Waals surface area contributed by atoms with Crippen LogP contribution in [0, 0.1) is 12.1 Å². The van der Waals surface area contributed by atoms with Gasteiger partial charge in [-0.15, -0.1) is 0 Å². The highest BCUT2D eigenvalue weighted by molar-refractivity contribution is 5.93. The second kappa shape index (κ2) is 13.7. The molecule has 0 fully saturated rings. The Balaban J connectivity index is 1.12. The summed E-state index contributed by atoms with van der Waals surface area (Å²) in [7, 11) is 0. The molecule has 7 aromatic carbocycles. The monoisotopic (exact) mass is 701 g/mol. The van der Waals surface area contributed by atoms with Gasteiger partial charge in [-0.2, -0.15) is 0 Å². The molecule has 0 saturated carbocycles. The molecule has 0 radical (unpaired) electrons. The number of rotatable bonds is 7. The SMILES string of the molecule is c1cccc(C2(c3ccccc3)c3ccccc3-c3cccc(-c4cccc(-c5cccc(-c6nc(C7=CC=CCC7)nc(-c7ccccc7)n6)c5)c4)c32)c#1. The van der Waals surface area contributed by atoms with Crippen LogP contribution in [0.2, 0.25) is 0 Å². The third-order valence-corrected chi connectivity index (χ3v) is 10.9. The molecule has 258 valence electrons. The first kappa shape index (κ1) is 32.5. The van der Waals surface area contributed by atoms with Gasteiger partial charge in [-0.3, -0.25) is 0 Å². The molecule has 1 unspecified atom stereocenters. The second-order valence-corrected chi connectivity index (χ2v) is 14.1. The van der Waals surface area contributed by atoms with Gasteiger partial charge < -0.3 is 0 Å². The number of allylic oxidation sites excluding steroid dienone is 4. The van der Waals surface area contributed by atoms with E-state index in [4.69, 9.17) is 15.0 Å². The van der Waals surface area contributed by atoms with E-state index in [-0.39, 0.29) is 0 Å². The lowest BCUT2D eigenvalue weighted by Gasteiger charge is -2.34. The highest BCUT2D eigenvalue weighted by Crippen LogP contribution is 2.58. The minimum Gasteiger partial charge on any atom is -0.209 e. The molecule has 0 saturated heterocycles. The number of fused-ring (bicyclic) bond motifs is 3. The predicted molar refractivity (Wildman–Crippen MR) is 223 cm³/mol. The van der Waals surface area contributed by atoms with Crippen molar-refractivity contribution in [1.82, 2.24) is 15.0 Å². The Labute approximate surface area is 322 Å². The molecule has 0 bridgehead atoms. The molecule has 0 N–H and O–H groups in total. The van der Waals surface area contributed by atoms with Crippen LogP contribution in [0.3, 0.4) is 0 Å². The molecular weight excluding hydrogens is 667 g/mol. The van der Waals surface area contributed by atoms with Crippen molar-refractivity contribution in [2.24, 2.45) is 0 Å². The molecule has 0 aliphatic heterocycles. The molecule has 1 heterocycles. The van der Waals surface area contributed by atoms with Crippen LogP contribution in [-0.2, 0) is 5.41 Å². The predicted octanol–water partition coefficient (Wildman–Crippen LogP) is 12.2. The summed E-state index contributed by atoms with van der Waals surface area (Å²) in [6.07, 6.45) is 8.29. The summed E-state index contributed by atoms with van der Waals surface area (Å²) in [4.78, 5) is 15.0. The third-order valence-electron chi connectivity index (χ3n) is 10.9. The Hall–Kier alpha value is -7.15. The van der Waals surface area contributed by atoms with E-state index < -0.39 is 5.41 Å². The zero-order valence-electron chi connectivity index (χ0n) is 30.2. The van der Waals surface area contributed by atoms with Gasteiger partial charge in [-0.05, 0) is 92.8 Å². The highest BCUT2D eigenvalue weighted by atomic mass is 15.0. The maximum Gasteiger partial charge on any atom is 0.164 e. The van der Waals surface area contributed by atoms with Crippen molar-refractivity contribution < 1.29 is 0 Å². The van der Waals surface area contributed by atoms with Crippen LogP contribution >= 0.6 is 0 Å². The highest BCUT2D eigenvalue weighted by Gasteiger charge is 2.47. The van der Waals surface area contributed by atoms with Crippen LogP contribution in [0.25, 0.3) is 61.7 Å². The number of hydrogen-bond donors (Lipinski definition) is 0. The molecule has 8 aromatic rings. The van der Waals surface area contributed by atoms with Crippen molar-refractivity contribution in [2.45, 2.75) is 18.3 Å². The van der Waals surface area contributed by atoms with Crippen molar-refractivity contribution in [3.05, 3.63) is 228 Å². The maximum absolute atomic E-state index is 5.06. The fourth-order valence-corrected chi connectivity index (χ4v) is 8.45. The standard InChI is InChI=1S/C52H35N3/c1-5-18-36(19-6-1)49-53-50(37-20-7-2-8-21-37)55-51(54-49)41-25-16-23-39(35-41)38-22-15-24-40(34-38)44-31-17-32-46-45-30-13-14-33-47(45)52(48(44)46,42-26-9-3-10-27-42)43-28-11-4-12-29-43/h1-7,9-11,13-20,22-28,30-35H,8,21H2. The fraction of sp³-hybridized carbons (Fsp3) is 0.0577. The lowest BCUT2D eigenvalue weighted by Crippen LogP contribution is -2.29. The molecule has 3 heteroatoms. The van der Waals surface area contributed by atoms with Gasteiger partial charge in [0.15, 0.2) is 17.5 Å². The van der Waals surface area contributed by atoms with Crippen LogP contribution in [0.5, 0.6) is 0 Å². The Bertz CT molecular complexity index is 2710. The Kier molecular flexibility index (Phi) is 8.08. The average molecular weight is 702 g/mol. The summed E-state index contributed by atoms with van der Waals surface area (Å²) in [6, 6.07) is 67.2. The largest absolute Gasteiger partial charge is 0.209 e. The van der Waals surface area contributed by atoms with Gasteiger partial charge in [-0.1, -0.05) is 176 Å². The van der Waals surface area contributed by atoms with Crippen molar-refractivity contribution >= 4 is 5.57 Å². The number of nitrogens with zero attached hydrogens (tertiary/aromatic N) is 3. The molecule has 1 atom stereocenters. The van der Waals surface area contributed by atoms with Crippen LogP contribution in [-0.4, -0.2) is 15.0 Å². The zero-order valence-corrected chi connectivity index (χ0v) is 30.2. The molecule has 2 aliphatic carbocycles. The minimum absolute atomic E-state index is 0.576. The topological polar surface area (TPSA) is 38.7 Å². The molecule has 10 rings (SSSR count). The molecule has 3 nitrogen and oxygen atoms in total. The first-order chi connectivity index (χ1) is 27.3. The lowest BCUT2D eigenvalue weighted by atomic mass is 9.66. The summed E-state index contributed by atoms with van der Waals surface area (Å²) in [6.45, 7) is 0. The fourth-order valence-electron chi connectivity index (χ4n) is 8.45. The molecular formula is C52H35N3. The van der Waals surface area contributed by atoms with Crippen LogP contribution in [0.4, 0.5) is 0 Å². The Morgan fingerprint density at radius 2 is 1.11 bits per heavy atom. The number of benzene rings is 6. The minimum atomic E-state index is -0.576. The van der Waals surface area contributed by atoms with Gasteiger partial charge in [0.05, 0.1) is 5.41 Å². The molecule has 1 aromatic heterocycles. The van der Waals surface area contributed by atoms with E-state index in [1.165, 1.54) is 33.4 Å². The Morgan fingerprint density at radius 3 is 1.87 bits per heavy atom. The average Bonchev–Trinajstić information content (AvgIpc) is 3.59. The summed E-state index contributed by atoms with van der Waals surface area (Å²) in [5.74, 6) is 2.08. The summed E-state index contributed by atoms with van der Waals surface area (Å²) in [5, 5.41) is 0. The molecule has 0 amide bonds. The number of hydrogen-bond acceptors (Lipinski definition) is 3. The van der Waals surface area contributed by atoms with Crippen molar-refractivity contribution in [3.8, 4) is 56.2 Å². The van der Waals surface area contributed by atoms with E-state index in [1.807, 2.05) is 24.3 Å². The summed E-state index contributed by atoms with van der Waals surface area (Å²) >= 11 is 0. The van der Waals surface area contributed by atoms with Gasteiger partial charge in [-0.25, -0.2) is 15.0 Å². The molecule has 55 heavy (non-hydrogen) atoms. The van der Waals surface area contributed by atoms with Gasteiger partial charge in [0.1, 0.15) is 0 Å². The first-order valence-electron chi connectivity index (χ1n) is 18.8. The molecule has 0 spiro atoms. The van der Waals surface area contributed by atoms with E-state index in [2.05, 4.69) is 176 Å². The third kappa shape index (κ3) is 5.59. The quantitative estimate of drug-likeness (QED) is 0.166. The van der Waals surface area contributed by atoms with Gasteiger partial charge >= 0.3 is 0 Å². The first-order valence-corrected chi connectivity index (χ1v) is 18.8. The van der Waals surface area contributed by atoms with Gasteiger partial charge in [0.25, 0.3) is 0 Å². The maximum atomic E-state index is 5.06. The van der Waals surface area contributed by atoms with Crippen molar-refractivity contribution in [1.29, 1.82) is 0 Å². The molecule has 2 aliphatic rings. The second-order valence-electron chi connectivity index (χ2n) is 14.1. The van der Waals surface area contributed by atoms with Crippen molar-refractivity contribution in [3.63, 3.8) is 0 Å². The van der Waals surface area contributed by atoms with E-state index in [0.29, 0.717) is 11.6 Å². The van der Waals surface area contributed by atoms with Gasteiger partial charge in [0.2, 0.25) is 0 Å². The van der Waals surface area contributed by atoms with Crippen LogP contribution < -0.4 is 0 Å². The Morgan fingerprint density at radius 1 is 0.491 bits per heavy atom. The van der Waals surface area contributed by atoms with E-state index >= 15 is 0 Å². The smallest absolute Gasteiger partial charge is 0.164 e. The normalized spacial score (nSPS) is 13.7. The van der Waals surface area contributed by atoms with E-state index in [0.717, 1.165) is 57.6 Å². The van der Waals surface area contributed by atoms with Crippen LogP contribution in [0.15, 0.2) is 188 Å². The zero-order chi connectivity index (χ0) is 36.6. The van der Waals surface area contributed by atoms with Crippen LogP contribution in [0.1, 0.15) is 40.9 Å². The van der Waals surface area contributed by atoms with Crippen molar-refractivity contribution in [2.75, 3.05) is 0 Å². The lowest BCUT2D eigenvalue weighted by molar-refractivity contribution is 0.771. The van der Waals surface area contributed by atoms with E-state index in [1.54, 1.807) is 0 Å². The number of aromatic nitrogens is 3. The summed E-state index contributed by atoms with van der Waals surface area (Å²) in [5.41, 5.74) is 14.3. The summed E-state index contributed by atoms with van der Waals surface area (Å²) < 4.78 is 0. The van der Waals surface area contributed by atoms with Gasteiger partial charge in [0, 0.05) is 16.7 Å². The van der Waals surface area contributed by atoms with E-state index in [9.17, 15) is 0 Å².